The van der Waals surface area contributed by atoms with Crippen LogP contribution in [0.5, 0.6) is 5.75 Å². The van der Waals surface area contributed by atoms with Crippen molar-refractivity contribution in [1.29, 1.82) is 0 Å². The molecule has 0 saturated heterocycles. The van der Waals surface area contributed by atoms with Gasteiger partial charge in [0.25, 0.3) is 0 Å². The number of aryl methyl sites for hydroxylation is 2. The molecule has 2 aromatic rings. The Labute approximate surface area is 162 Å². The van der Waals surface area contributed by atoms with E-state index in [1.807, 2.05) is 19.9 Å². The van der Waals surface area contributed by atoms with E-state index in [1.54, 1.807) is 24.5 Å². The molecule has 0 spiro atoms. The Hall–Kier alpha value is -1.42. The number of ether oxygens (including phenoxy) is 1. The molecule has 1 aromatic carbocycles. The fourth-order valence-electron chi connectivity index (χ4n) is 2.13. The van der Waals surface area contributed by atoms with Crippen LogP contribution in [0.4, 0.5) is 4.39 Å². The van der Waals surface area contributed by atoms with E-state index in [2.05, 4.69) is 20.6 Å². The Bertz CT molecular complexity index is 705. The Morgan fingerprint density at radius 1 is 1.29 bits per heavy atom. The zero-order valence-electron chi connectivity index (χ0n) is 14.1. The molecule has 1 heterocycles. The number of nitrogens with one attached hydrogen (secondary N) is 2. The maximum atomic E-state index is 13.7. The average Bonchev–Trinajstić information content (AvgIpc) is 2.85. The van der Waals surface area contributed by atoms with E-state index in [4.69, 9.17) is 4.74 Å². The second-order valence-corrected chi connectivity index (χ2v) is 6.28. The van der Waals surface area contributed by atoms with Gasteiger partial charge in [-0.1, -0.05) is 6.07 Å². The zero-order chi connectivity index (χ0) is 16.8. The van der Waals surface area contributed by atoms with Gasteiger partial charge in [0, 0.05) is 18.5 Å². The van der Waals surface area contributed by atoms with Crippen LogP contribution in [0.3, 0.4) is 0 Å². The monoisotopic (exact) mass is 464 g/mol. The second-order valence-electron chi connectivity index (χ2n) is 4.99. The van der Waals surface area contributed by atoms with Gasteiger partial charge in [-0.15, -0.1) is 35.3 Å². The standard InChI is InChI=1S/C16H21FN4OS.HI/c1-10-15(23-11(2)21-10)9-20-16(18-3)19-8-12-5-6-14(22-4)13(17)7-12;/h5-7H,8-9H2,1-4H3,(H2,18,19,20);1H. The lowest BCUT2D eigenvalue weighted by atomic mass is 10.2. The maximum Gasteiger partial charge on any atom is 0.191 e. The lowest BCUT2D eigenvalue weighted by molar-refractivity contribution is 0.386. The first-order chi connectivity index (χ1) is 11.0. The number of methoxy groups -OCH3 is 1. The van der Waals surface area contributed by atoms with Gasteiger partial charge in [-0.25, -0.2) is 9.37 Å². The van der Waals surface area contributed by atoms with Gasteiger partial charge in [-0.05, 0) is 31.5 Å². The summed E-state index contributed by atoms with van der Waals surface area (Å²) < 4.78 is 18.6. The van der Waals surface area contributed by atoms with E-state index < -0.39 is 0 Å². The van der Waals surface area contributed by atoms with Crippen LogP contribution >= 0.6 is 35.3 Å². The topological polar surface area (TPSA) is 58.5 Å². The fourth-order valence-corrected chi connectivity index (χ4v) is 3.00. The van der Waals surface area contributed by atoms with Crippen LogP contribution in [0.15, 0.2) is 23.2 Å². The number of rotatable bonds is 5. The van der Waals surface area contributed by atoms with Crippen molar-refractivity contribution in [3.63, 3.8) is 0 Å². The van der Waals surface area contributed by atoms with E-state index in [0.29, 0.717) is 19.0 Å². The van der Waals surface area contributed by atoms with Gasteiger partial charge in [0.1, 0.15) is 0 Å². The van der Waals surface area contributed by atoms with Crippen LogP contribution in [-0.4, -0.2) is 25.1 Å². The summed E-state index contributed by atoms with van der Waals surface area (Å²) in [5, 5.41) is 7.45. The largest absolute Gasteiger partial charge is 0.494 e. The molecule has 0 amide bonds. The maximum absolute atomic E-state index is 13.7. The van der Waals surface area contributed by atoms with Crippen LogP contribution in [-0.2, 0) is 13.1 Å². The molecule has 8 heteroatoms. The lowest BCUT2D eigenvalue weighted by Crippen LogP contribution is -2.36. The Morgan fingerprint density at radius 2 is 2.00 bits per heavy atom. The number of nitrogens with zero attached hydrogens (tertiary/aromatic N) is 2. The third kappa shape index (κ3) is 5.59. The molecule has 0 saturated carbocycles. The third-order valence-corrected chi connectivity index (χ3v) is 4.39. The van der Waals surface area contributed by atoms with Crippen molar-refractivity contribution in [2.45, 2.75) is 26.9 Å². The van der Waals surface area contributed by atoms with Gasteiger partial charge >= 0.3 is 0 Å². The van der Waals surface area contributed by atoms with Crippen LogP contribution in [0.1, 0.15) is 21.1 Å². The molecule has 0 aliphatic rings. The van der Waals surface area contributed by atoms with Crippen LogP contribution in [0.25, 0.3) is 0 Å². The predicted molar refractivity (Wildman–Crippen MR) is 107 cm³/mol. The third-order valence-electron chi connectivity index (χ3n) is 3.32. The van der Waals surface area contributed by atoms with Gasteiger partial charge in [0.15, 0.2) is 17.5 Å². The molecular weight excluding hydrogens is 442 g/mol. The minimum absolute atomic E-state index is 0. The number of hydrogen-bond acceptors (Lipinski definition) is 4. The van der Waals surface area contributed by atoms with Crippen molar-refractivity contribution in [2.75, 3.05) is 14.2 Å². The summed E-state index contributed by atoms with van der Waals surface area (Å²) in [6.07, 6.45) is 0. The number of hydrogen-bond donors (Lipinski definition) is 2. The number of benzene rings is 1. The molecular formula is C16H22FIN4OS. The van der Waals surface area contributed by atoms with E-state index >= 15 is 0 Å². The smallest absolute Gasteiger partial charge is 0.191 e. The highest BCUT2D eigenvalue weighted by Crippen LogP contribution is 2.18. The van der Waals surface area contributed by atoms with Crippen molar-refractivity contribution in [3.8, 4) is 5.75 Å². The SMILES string of the molecule is CN=C(NCc1ccc(OC)c(F)c1)NCc1sc(C)nc1C.I. The molecule has 0 aliphatic carbocycles. The van der Waals surface area contributed by atoms with E-state index in [1.165, 1.54) is 18.1 Å². The molecule has 24 heavy (non-hydrogen) atoms. The molecule has 5 nitrogen and oxygen atoms in total. The normalized spacial score (nSPS) is 11.0. The number of halogens is 2. The summed E-state index contributed by atoms with van der Waals surface area (Å²) in [7, 11) is 3.15. The summed E-state index contributed by atoms with van der Waals surface area (Å²) >= 11 is 1.67. The molecule has 1 aromatic heterocycles. The van der Waals surface area contributed by atoms with Crippen LogP contribution in [0, 0.1) is 19.7 Å². The van der Waals surface area contributed by atoms with Gasteiger partial charge in [-0.2, -0.15) is 0 Å². The number of aliphatic imine (C=N–C) groups is 1. The van der Waals surface area contributed by atoms with Gasteiger partial charge < -0.3 is 15.4 Å². The molecule has 0 bridgehead atoms. The van der Waals surface area contributed by atoms with E-state index in [-0.39, 0.29) is 35.5 Å². The fraction of sp³-hybridized carbons (Fsp3) is 0.375. The zero-order valence-corrected chi connectivity index (χ0v) is 17.3. The van der Waals surface area contributed by atoms with Gasteiger partial charge in [0.05, 0.1) is 24.4 Å². The van der Waals surface area contributed by atoms with Crippen LogP contribution in [0.2, 0.25) is 0 Å². The molecule has 0 unspecified atom stereocenters. The van der Waals surface area contributed by atoms with Crippen molar-refractivity contribution in [3.05, 3.63) is 45.2 Å². The molecule has 0 fully saturated rings. The predicted octanol–water partition coefficient (Wildman–Crippen LogP) is 3.39. The van der Waals surface area contributed by atoms with Crippen LogP contribution < -0.4 is 15.4 Å². The molecule has 132 valence electrons. The lowest BCUT2D eigenvalue weighted by Gasteiger charge is -2.12. The average molecular weight is 464 g/mol. The molecule has 0 atom stereocenters. The van der Waals surface area contributed by atoms with Crippen molar-refractivity contribution in [2.24, 2.45) is 4.99 Å². The highest BCUT2D eigenvalue weighted by atomic mass is 127. The van der Waals surface area contributed by atoms with Crippen molar-refractivity contribution >= 4 is 41.3 Å². The number of guanidine groups is 1. The minimum Gasteiger partial charge on any atom is -0.494 e. The van der Waals surface area contributed by atoms with Crippen molar-refractivity contribution < 1.29 is 9.13 Å². The molecule has 2 rings (SSSR count). The molecule has 0 aliphatic heterocycles. The minimum atomic E-state index is -0.370. The first-order valence-electron chi connectivity index (χ1n) is 7.23. The van der Waals surface area contributed by atoms with Gasteiger partial charge in [-0.3, -0.25) is 4.99 Å². The Morgan fingerprint density at radius 3 is 2.54 bits per heavy atom. The first-order valence-corrected chi connectivity index (χ1v) is 8.05. The van der Waals surface area contributed by atoms with Crippen molar-refractivity contribution in [1.82, 2.24) is 15.6 Å². The summed E-state index contributed by atoms with van der Waals surface area (Å²) in [5.41, 5.74) is 1.85. The summed E-state index contributed by atoms with van der Waals surface area (Å²) in [6, 6.07) is 4.89. The number of thiazole rings is 1. The summed E-state index contributed by atoms with van der Waals surface area (Å²) in [4.78, 5) is 9.75. The highest BCUT2D eigenvalue weighted by Gasteiger charge is 2.07. The Balaban J connectivity index is 0.00000288. The van der Waals surface area contributed by atoms with E-state index in [0.717, 1.165) is 16.3 Å². The quantitative estimate of drug-likeness (QED) is 0.405. The van der Waals surface area contributed by atoms with E-state index in [9.17, 15) is 4.39 Å². The Kier molecular flexibility index (Phi) is 8.40. The second kappa shape index (κ2) is 9.77. The van der Waals surface area contributed by atoms with Gasteiger partial charge in [0.2, 0.25) is 0 Å². The highest BCUT2D eigenvalue weighted by molar-refractivity contribution is 14.0. The summed E-state index contributed by atoms with van der Waals surface area (Å²) in [6.45, 7) is 5.12. The summed E-state index contributed by atoms with van der Waals surface area (Å²) in [5.74, 6) is 0.532. The molecule has 2 N–H and O–H groups in total. The first kappa shape index (κ1) is 20.6. The molecule has 0 radical (unpaired) electrons. The number of aromatic nitrogens is 1.